The lowest BCUT2D eigenvalue weighted by Gasteiger charge is -1.91. The number of halogens is 1. The van der Waals surface area contributed by atoms with E-state index in [1.165, 1.54) is 0 Å². The molecule has 0 amide bonds. The van der Waals surface area contributed by atoms with Crippen molar-refractivity contribution in [3.8, 4) is 5.69 Å². The number of hydrogen-bond donors (Lipinski definition) is 0. The van der Waals surface area contributed by atoms with Gasteiger partial charge in [0.05, 0.1) is 17.7 Å². The van der Waals surface area contributed by atoms with Gasteiger partial charge in [0.1, 0.15) is 6.26 Å². The summed E-state index contributed by atoms with van der Waals surface area (Å²) in [6, 6.07) is 1.89. The molecule has 0 N–H and O–H groups in total. The molecule has 0 atom stereocenters. The van der Waals surface area contributed by atoms with Crippen LogP contribution in [0.4, 0.5) is 0 Å². The van der Waals surface area contributed by atoms with Crippen LogP contribution in [0.3, 0.4) is 0 Å². The molecule has 0 aromatic carbocycles. The Hall–Kier alpha value is -1.03. The van der Waals surface area contributed by atoms with Crippen LogP contribution in [0.25, 0.3) is 5.69 Å². The molecule has 4 heteroatoms. The summed E-state index contributed by atoms with van der Waals surface area (Å²) in [7, 11) is 0. The lowest BCUT2D eigenvalue weighted by atomic mass is 10.5. The molecule has 0 saturated carbocycles. The predicted octanol–water partition coefficient (Wildman–Crippen LogP) is 2.54. The summed E-state index contributed by atoms with van der Waals surface area (Å²) in [6.45, 7) is 1.95. The largest absolute Gasteiger partial charge is 0.455 e. The molecule has 3 nitrogen and oxygen atoms in total. The standard InChI is InChI=1S/C8H7BrN2O/c1-6-3-11(5-10-6)7-2-8(9)12-4-7/h2-5H,1H3. The minimum absolute atomic E-state index is 0.726. The van der Waals surface area contributed by atoms with E-state index in [0.29, 0.717) is 0 Å². The molecule has 0 unspecified atom stereocenters. The molecule has 2 aromatic heterocycles. The zero-order valence-electron chi connectivity index (χ0n) is 6.49. The quantitative estimate of drug-likeness (QED) is 0.749. The van der Waals surface area contributed by atoms with Crippen molar-refractivity contribution in [2.24, 2.45) is 0 Å². The molecule has 0 aliphatic heterocycles. The number of aromatic nitrogens is 2. The lowest BCUT2D eigenvalue weighted by Crippen LogP contribution is -1.84. The highest BCUT2D eigenvalue weighted by Gasteiger charge is 2.00. The van der Waals surface area contributed by atoms with Crippen molar-refractivity contribution < 1.29 is 4.42 Å². The molecular formula is C8H7BrN2O. The van der Waals surface area contributed by atoms with Crippen LogP contribution in [-0.2, 0) is 0 Å². The molecule has 12 heavy (non-hydrogen) atoms. The van der Waals surface area contributed by atoms with E-state index < -0.39 is 0 Å². The Bertz CT molecular complexity index is 353. The van der Waals surface area contributed by atoms with Gasteiger partial charge < -0.3 is 8.98 Å². The lowest BCUT2D eigenvalue weighted by molar-refractivity contribution is 0.540. The predicted molar refractivity (Wildman–Crippen MR) is 48.3 cm³/mol. The summed E-state index contributed by atoms with van der Waals surface area (Å²) in [4.78, 5) is 4.11. The minimum Gasteiger partial charge on any atom is -0.455 e. The van der Waals surface area contributed by atoms with Crippen molar-refractivity contribution >= 4 is 15.9 Å². The van der Waals surface area contributed by atoms with Gasteiger partial charge in [0, 0.05) is 12.3 Å². The normalized spacial score (nSPS) is 10.5. The van der Waals surface area contributed by atoms with E-state index in [2.05, 4.69) is 20.9 Å². The highest BCUT2D eigenvalue weighted by atomic mass is 79.9. The van der Waals surface area contributed by atoms with E-state index in [-0.39, 0.29) is 0 Å². The maximum atomic E-state index is 5.10. The molecule has 2 rings (SSSR count). The molecule has 2 aromatic rings. The summed E-state index contributed by atoms with van der Waals surface area (Å²) in [5.74, 6) is 0. The number of hydrogen-bond acceptors (Lipinski definition) is 2. The van der Waals surface area contributed by atoms with Crippen LogP contribution in [0.2, 0.25) is 0 Å². The average Bonchev–Trinajstić information content (AvgIpc) is 2.58. The van der Waals surface area contributed by atoms with Gasteiger partial charge in [-0.1, -0.05) is 0 Å². The first-order valence-electron chi connectivity index (χ1n) is 3.51. The van der Waals surface area contributed by atoms with Crippen LogP contribution in [-0.4, -0.2) is 9.55 Å². The third-order valence-electron chi connectivity index (χ3n) is 1.56. The van der Waals surface area contributed by atoms with Crippen LogP contribution in [0.15, 0.2) is 33.9 Å². The van der Waals surface area contributed by atoms with Gasteiger partial charge in [0.25, 0.3) is 0 Å². The summed E-state index contributed by atoms with van der Waals surface area (Å²) in [5, 5.41) is 0. The Morgan fingerprint density at radius 3 is 2.92 bits per heavy atom. The van der Waals surface area contributed by atoms with E-state index in [1.807, 2.05) is 23.8 Å². The summed E-state index contributed by atoms with van der Waals surface area (Å²) < 4.78 is 7.73. The summed E-state index contributed by atoms with van der Waals surface area (Å²) >= 11 is 3.24. The molecule has 62 valence electrons. The molecule has 0 aliphatic rings. The highest BCUT2D eigenvalue weighted by molar-refractivity contribution is 9.10. The first kappa shape index (κ1) is 7.61. The third-order valence-corrected chi connectivity index (χ3v) is 1.98. The molecular weight excluding hydrogens is 220 g/mol. The fraction of sp³-hybridized carbons (Fsp3) is 0.125. The van der Waals surface area contributed by atoms with Gasteiger partial charge in [-0.05, 0) is 22.9 Å². The van der Waals surface area contributed by atoms with E-state index in [1.54, 1.807) is 12.6 Å². The Morgan fingerprint density at radius 1 is 1.58 bits per heavy atom. The second-order valence-electron chi connectivity index (χ2n) is 2.53. The van der Waals surface area contributed by atoms with E-state index >= 15 is 0 Å². The highest BCUT2D eigenvalue weighted by Crippen LogP contribution is 2.17. The average molecular weight is 227 g/mol. The minimum atomic E-state index is 0.726. The number of rotatable bonds is 1. The Morgan fingerprint density at radius 2 is 2.42 bits per heavy atom. The first-order valence-corrected chi connectivity index (χ1v) is 4.30. The monoisotopic (exact) mass is 226 g/mol. The number of furan rings is 1. The SMILES string of the molecule is Cc1cn(-c2coc(Br)c2)cn1. The second kappa shape index (κ2) is 2.79. The van der Waals surface area contributed by atoms with Gasteiger partial charge in [-0.25, -0.2) is 4.98 Å². The number of nitrogens with zero attached hydrogens (tertiary/aromatic N) is 2. The summed E-state index contributed by atoms with van der Waals surface area (Å²) in [6.07, 6.45) is 5.37. The molecule has 0 spiro atoms. The Kier molecular flexibility index (Phi) is 1.77. The van der Waals surface area contributed by atoms with E-state index in [0.717, 1.165) is 16.1 Å². The molecule has 0 saturated heterocycles. The Labute approximate surface area is 78.2 Å². The molecule has 0 bridgehead atoms. The van der Waals surface area contributed by atoms with Gasteiger partial charge in [-0.15, -0.1) is 0 Å². The van der Waals surface area contributed by atoms with Crippen LogP contribution in [0, 0.1) is 6.92 Å². The molecule has 2 heterocycles. The van der Waals surface area contributed by atoms with Crippen LogP contribution in [0.1, 0.15) is 5.69 Å². The van der Waals surface area contributed by atoms with Crippen molar-refractivity contribution in [3.05, 3.63) is 35.2 Å². The summed E-state index contributed by atoms with van der Waals surface area (Å²) in [5.41, 5.74) is 1.97. The third kappa shape index (κ3) is 1.30. The number of aryl methyl sites for hydroxylation is 1. The Balaban J connectivity index is 2.43. The van der Waals surface area contributed by atoms with Crippen molar-refractivity contribution in [2.45, 2.75) is 6.92 Å². The van der Waals surface area contributed by atoms with Crippen LogP contribution >= 0.6 is 15.9 Å². The maximum Gasteiger partial charge on any atom is 0.171 e. The fourth-order valence-electron chi connectivity index (χ4n) is 0.999. The second-order valence-corrected chi connectivity index (χ2v) is 3.31. The van der Waals surface area contributed by atoms with Crippen LogP contribution in [0.5, 0.6) is 0 Å². The van der Waals surface area contributed by atoms with Gasteiger partial charge in [0.15, 0.2) is 4.67 Å². The zero-order valence-corrected chi connectivity index (χ0v) is 8.08. The molecule has 0 radical (unpaired) electrons. The van der Waals surface area contributed by atoms with Gasteiger partial charge in [-0.3, -0.25) is 0 Å². The van der Waals surface area contributed by atoms with Gasteiger partial charge in [-0.2, -0.15) is 0 Å². The van der Waals surface area contributed by atoms with Crippen molar-refractivity contribution in [1.29, 1.82) is 0 Å². The van der Waals surface area contributed by atoms with E-state index in [4.69, 9.17) is 4.42 Å². The molecule has 0 aliphatic carbocycles. The van der Waals surface area contributed by atoms with Crippen molar-refractivity contribution in [1.82, 2.24) is 9.55 Å². The fourth-order valence-corrected chi connectivity index (χ4v) is 1.33. The smallest absolute Gasteiger partial charge is 0.171 e. The topological polar surface area (TPSA) is 31.0 Å². The first-order chi connectivity index (χ1) is 5.75. The van der Waals surface area contributed by atoms with Crippen molar-refractivity contribution in [3.63, 3.8) is 0 Å². The van der Waals surface area contributed by atoms with Gasteiger partial charge in [0.2, 0.25) is 0 Å². The van der Waals surface area contributed by atoms with Crippen molar-refractivity contribution in [2.75, 3.05) is 0 Å². The number of imidazole rings is 1. The van der Waals surface area contributed by atoms with Gasteiger partial charge >= 0.3 is 0 Å². The zero-order chi connectivity index (χ0) is 8.55. The van der Waals surface area contributed by atoms with E-state index in [9.17, 15) is 0 Å². The van der Waals surface area contributed by atoms with Crippen LogP contribution < -0.4 is 0 Å². The molecule has 0 fully saturated rings. The maximum absolute atomic E-state index is 5.10.